The molecule has 0 bridgehead atoms. The minimum atomic E-state index is 0.0507. The van der Waals surface area contributed by atoms with Crippen LogP contribution in [0.25, 0.3) is 0 Å². The number of nitrogens with zero attached hydrogens (tertiary/aromatic N) is 3. The molecule has 1 aromatic heterocycles. The summed E-state index contributed by atoms with van der Waals surface area (Å²) >= 11 is 3.24. The Hall–Kier alpha value is -1.37. The number of benzene rings is 1. The normalized spacial score (nSPS) is 14.9. The van der Waals surface area contributed by atoms with Crippen LogP contribution >= 0.6 is 23.1 Å². The Bertz CT molecular complexity index is 695. The van der Waals surface area contributed by atoms with Crippen LogP contribution in [0, 0.1) is 0 Å². The molecule has 1 aromatic carbocycles. The van der Waals surface area contributed by atoms with Gasteiger partial charge in [0.1, 0.15) is 9.88 Å². The fourth-order valence-corrected chi connectivity index (χ4v) is 4.36. The molecule has 1 amide bonds. The van der Waals surface area contributed by atoms with Crippen LogP contribution in [-0.4, -0.2) is 47.1 Å². The SMILES string of the molecule is CSc1cccc(CN(C)C(=O)c2cnc(CN3CCCC3)s2)c1. The number of hydrogen-bond donors (Lipinski definition) is 0. The maximum Gasteiger partial charge on any atom is 0.265 e. The van der Waals surface area contributed by atoms with Gasteiger partial charge in [0.15, 0.2) is 0 Å². The molecule has 0 spiro atoms. The van der Waals surface area contributed by atoms with Crippen molar-refractivity contribution >= 4 is 29.0 Å². The molecular weight excluding hydrogens is 338 g/mol. The third-order valence-electron chi connectivity index (χ3n) is 4.22. The Morgan fingerprint density at radius 2 is 2.17 bits per heavy atom. The van der Waals surface area contributed by atoms with Gasteiger partial charge in [-0.3, -0.25) is 9.69 Å². The van der Waals surface area contributed by atoms with Crippen molar-refractivity contribution in [3.63, 3.8) is 0 Å². The maximum atomic E-state index is 12.6. The van der Waals surface area contributed by atoms with Crippen molar-refractivity contribution in [2.45, 2.75) is 30.8 Å². The minimum absolute atomic E-state index is 0.0507. The van der Waals surface area contributed by atoms with Crippen LogP contribution in [0.2, 0.25) is 0 Å². The van der Waals surface area contributed by atoms with Gasteiger partial charge in [-0.15, -0.1) is 23.1 Å². The number of amides is 1. The second kappa shape index (κ2) is 8.14. The molecule has 0 atom stereocenters. The summed E-state index contributed by atoms with van der Waals surface area (Å²) in [5, 5.41) is 1.04. The molecule has 24 heavy (non-hydrogen) atoms. The highest BCUT2D eigenvalue weighted by Gasteiger charge is 2.18. The first kappa shape index (κ1) is 17.5. The van der Waals surface area contributed by atoms with E-state index in [2.05, 4.69) is 34.3 Å². The number of likely N-dealkylation sites (tertiary alicyclic amines) is 1. The van der Waals surface area contributed by atoms with Crippen LogP contribution in [-0.2, 0) is 13.1 Å². The highest BCUT2D eigenvalue weighted by molar-refractivity contribution is 7.98. The number of carbonyl (C=O) groups excluding carboxylic acids is 1. The van der Waals surface area contributed by atoms with Crippen LogP contribution in [0.4, 0.5) is 0 Å². The Morgan fingerprint density at radius 3 is 2.92 bits per heavy atom. The van der Waals surface area contributed by atoms with Gasteiger partial charge in [-0.2, -0.15) is 0 Å². The molecule has 2 aromatic rings. The first-order valence-electron chi connectivity index (χ1n) is 8.21. The number of thioether (sulfide) groups is 1. The van der Waals surface area contributed by atoms with E-state index in [1.54, 1.807) is 22.9 Å². The predicted octanol–water partition coefficient (Wildman–Crippen LogP) is 3.73. The van der Waals surface area contributed by atoms with E-state index < -0.39 is 0 Å². The van der Waals surface area contributed by atoms with Gasteiger partial charge in [0.2, 0.25) is 0 Å². The van der Waals surface area contributed by atoms with Crippen LogP contribution in [0.1, 0.15) is 33.1 Å². The molecule has 1 aliphatic heterocycles. The molecule has 0 N–H and O–H groups in total. The fourth-order valence-electron chi connectivity index (χ4n) is 2.92. The van der Waals surface area contributed by atoms with E-state index in [0.29, 0.717) is 6.54 Å². The summed E-state index contributed by atoms with van der Waals surface area (Å²) in [7, 11) is 1.86. The summed E-state index contributed by atoms with van der Waals surface area (Å²) < 4.78 is 0. The molecule has 1 saturated heterocycles. The molecule has 3 rings (SSSR count). The molecule has 0 unspecified atom stereocenters. The third kappa shape index (κ3) is 4.37. The summed E-state index contributed by atoms with van der Waals surface area (Å²) in [4.78, 5) is 23.2. The van der Waals surface area contributed by atoms with E-state index in [-0.39, 0.29) is 5.91 Å². The molecular formula is C18H23N3OS2. The van der Waals surface area contributed by atoms with Gasteiger partial charge in [-0.1, -0.05) is 12.1 Å². The molecule has 128 valence electrons. The van der Waals surface area contributed by atoms with Crippen molar-refractivity contribution in [1.29, 1.82) is 0 Å². The van der Waals surface area contributed by atoms with Crippen molar-refractivity contribution in [2.75, 3.05) is 26.4 Å². The van der Waals surface area contributed by atoms with E-state index in [9.17, 15) is 4.79 Å². The monoisotopic (exact) mass is 361 g/mol. The van der Waals surface area contributed by atoms with Crippen LogP contribution < -0.4 is 0 Å². The molecule has 1 fully saturated rings. The van der Waals surface area contributed by atoms with Crippen molar-refractivity contribution in [2.24, 2.45) is 0 Å². The van der Waals surface area contributed by atoms with Crippen LogP contribution in [0.15, 0.2) is 35.4 Å². The van der Waals surface area contributed by atoms with Crippen molar-refractivity contribution in [1.82, 2.24) is 14.8 Å². The Kier molecular flexibility index (Phi) is 5.92. The van der Waals surface area contributed by atoms with Crippen molar-refractivity contribution in [3.05, 3.63) is 45.9 Å². The predicted molar refractivity (Wildman–Crippen MR) is 101 cm³/mol. The average Bonchev–Trinajstić information content (AvgIpc) is 3.26. The zero-order chi connectivity index (χ0) is 16.9. The van der Waals surface area contributed by atoms with Gasteiger partial charge >= 0.3 is 0 Å². The van der Waals surface area contributed by atoms with Gasteiger partial charge in [0.05, 0.1) is 12.7 Å². The van der Waals surface area contributed by atoms with Gasteiger partial charge in [-0.25, -0.2) is 4.98 Å². The number of carbonyl (C=O) groups is 1. The Balaban J connectivity index is 1.61. The smallest absolute Gasteiger partial charge is 0.265 e. The highest BCUT2D eigenvalue weighted by atomic mass is 32.2. The fraction of sp³-hybridized carbons (Fsp3) is 0.444. The number of thiazole rings is 1. The molecule has 0 aliphatic carbocycles. The zero-order valence-corrected chi connectivity index (χ0v) is 15.8. The summed E-state index contributed by atoms with van der Waals surface area (Å²) in [5.41, 5.74) is 1.15. The minimum Gasteiger partial charge on any atom is -0.337 e. The van der Waals surface area contributed by atoms with Crippen molar-refractivity contribution in [3.8, 4) is 0 Å². The molecule has 2 heterocycles. The Labute approximate surface area is 151 Å². The van der Waals surface area contributed by atoms with Gasteiger partial charge in [0.25, 0.3) is 5.91 Å². The molecule has 6 heteroatoms. The van der Waals surface area contributed by atoms with E-state index in [1.165, 1.54) is 29.1 Å². The number of rotatable bonds is 6. The van der Waals surface area contributed by atoms with E-state index in [4.69, 9.17) is 0 Å². The van der Waals surface area contributed by atoms with Crippen LogP contribution in [0.3, 0.4) is 0 Å². The lowest BCUT2D eigenvalue weighted by Gasteiger charge is -2.16. The van der Waals surface area contributed by atoms with Gasteiger partial charge in [0, 0.05) is 18.5 Å². The number of hydrogen-bond acceptors (Lipinski definition) is 5. The summed E-state index contributed by atoms with van der Waals surface area (Å²) in [5.74, 6) is 0.0507. The maximum absolute atomic E-state index is 12.6. The van der Waals surface area contributed by atoms with Crippen LogP contribution in [0.5, 0.6) is 0 Å². The summed E-state index contributed by atoms with van der Waals surface area (Å²) in [6.45, 7) is 3.78. The lowest BCUT2D eigenvalue weighted by atomic mass is 10.2. The standard InChI is InChI=1S/C18H23N3OS2/c1-20(12-14-6-5-7-15(10-14)23-2)18(22)16-11-19-17(24-16)13-21-8-3-4-9-21/h5-7,10-11H,3-4,8-9,12-13H2,1-2H3. The first-order chi connectivity index (χ1) is 11.7. The quantitative estimate of drug-likeness (QED) is 0.735. The molecule has 0 saturated carbocycles. The topological polar surface area (TPSA) is 36.4 Å². The van der Waals surface area contributed by atoms with E-state index in [0.717, 1.165) is 35.1 Å². The van der Waals surface area contributed by atoms with Crippen molar-refractivity contribution < 1.29 is 4.79 Å². The lowest BCUT2D eigenvalue weighted by molar-refractivity contribution is 0.0789. The third-order valence-corrected chi connectivity index (χ3v) is 5.92. The summed E-state index contributed by atoms with van der Waals surface area (Å²) in [6, 6.07) is 8.33. The highest BCUT2D eigenvalue weighted by Crippen LogP contribution is 2.21. The Morgan fingerprint density at radius 1 is 1.38 bits per heavy atom. The molecule has 1 aliphatic rings. The zero-order valence-electron chi connectivity index (χ0n) is 14.2. The van der Waals surface area contributed by atoms with E-state index >= 15 is 0 Å². The second-order valence-electron chi connectivity index (χ2n) is 6.11. The van der Waals surface area contributed by atoms with Gasteiger partial charge in [-0.05, 0) is 49.9 Å². The molecule has 0 radical (unpaired) electrons. The second-order valence-corrected chi connectivity index (χ2v) is 8.11. The summed E-state index contributed by atoms with van der Waals surface area (Å²) in [6.07, 6.45) is 6.34. The molecule has 4 nitrogen and oxygen atoms in total. The lowest BCUT2D eigenvalue weighted by Crippen LogP contribution is -2.25. The number of aromatic nitrogens is 1. The first-order valence-corrected chi connectivity index (χ1v) is 10.3. The average molecular weight is 362 g/mol. The van der Waals surface area contributed by atoms with Gasteiger partial charge < -0.3 is 4.90 Å². The van der Waals surface area contributed by atoms with E-state index in [1.807, 2.05) is 13.1 Å². The largest absolute Gasteiger partial charge is 0.337 e.